The monoisotopic (exact) mass is 336 g/mol. The fraction of sp³-hybridized carbons (Fsp3) is 0.125. The fourth-order valence-corrected chi connectivity index (χ4v) is 2.45. The Balaban J connectivity index is 1.98. The Morgan fingerprint density at radius 1 is 0.909 bits per heavy atom. The van der Waals surface area contributed by atoms with Crippen molar-refractivity contribution >= 4 is 46.4 Å². The van der Waals surface area contributed by atoms with Gasteiger partial charge < -0.3 is 10.6 Å². The molecule has 0 spiro atoms. The average Bonchev–Trinajstić information content (AvgIpc) is 2.39. The van der Waals surface area contributed by atoms with Crippen molar-refractivity contribution in [1.29, 1.82) is 0 Å². The van der Waals surface area contributed by atoms with E-state index in [1.54, 1.807) is 42.5 Å². The third-order valence-corrected chi connectivity index (χ3v) is 3.22. The molecule has 2 aromatic carbocycles. The number of carbonyl (C=O) groups excluding carboxylic acids is 2. The number of hydrogen-bond donors (Lipinski definition) is 2. The molecule has 6 heteroatoms. The van der Waals surface area contributed by atoms with E-state index in [1.165, 1.54) is 6.92 Å². The molecule has 114 valence electrons. The molecule has 0 heterocycles. The highest BCUT2D eigenvalue weighted by Crippen LogP contribution is 2.22. The Kier molecular flexibility index (Phi) is 5.41. The topological polar surface area (TPSA) is 58.2 Å². The minimum atomic E-state index is -0.175. The van der Waals surface area contributed by atoms with E-state index in [1.807, 2.05) is 0 Å². The molecule has 2 N–H and O–H groups in total. The molecule has 22 heavy (non-hydrogen) atoms. The molecule has 0 unspecified atom stereocenters. The maximum absolute atomic E-state index is 12.0. The molecule has 0 fully saturated rings. The lowest BCUT2D eigenvalue weighted by molar-refractivity contribution is -0.116. The lowest BCUT2D eigenvalue weighted by atomic mass is 10.1. The molecule has 0 aliphatic rings. The zero-order valence-corrected chi connectivity index (χ0v) is 13.3. The molecule has 2 rings (SSSR count). The summed E-state index contributed by atoms with van der Waals surface area (Å²) in [6.07, 6.45) is 0.213. The lowest BCUT2D eigenvalue weighted by Crippen LogP contribution is -2.14. The fourth-order valence-electron chi connectivity index (χ4n) is 1.93. The summed E-state index contributed by atoms with van der Waals surface area (Å²) >= 11 is 11.8. The van der Waals surface area contributed by atoms with Gasteiger partial charge in [-0.2, -0.15) is 0 Å². The second kappa shape index (κ2) is 7.29. The normalized spacial score (nSPS) is 10.1. The summed E-state index contributed by atoms with van der Waals surface area (Å²) < 4.78 is 0. The van der Waals surface area contributed by atoms with Gasteiger partial charge in [-0.1, -0.05) is 35.3 Å². The summed E-state index contributed by atoms with van der Waals surface area (Å²) in [5.74, 6) is -0.311. The average molecular weight is 337 g/mol. The van der Waals surface area contributed by atoms with Gasteiger partial charge in [-0.15, -0.1) is 0 Å². The van der Waals surface area contributed by atoms with Crippen LogP contribution in [0.4, 0.5) is 11.4 Å². The zero-order chi connectivity index (χ0) is 16.1. The van der Waals surface area contributed by atoms with E-state index >= 15 is 0 Å². The van der Waals surface area contributed by atoms with Crippen molar-refractivity contribution in [2.24, 2.45) is 0 Å². The summed E-state index contributed by atoms with van der Waals surface area (Å²) in [5, 5.41) is 6.33. The first kappa shape index (κ1) is 16.3. The summed E-state index contributed by atoms with van der Waals surface area (Å²) in [6, 6.07) is 11.9. The SMILES string of the molecule is CC(=O)Nc1ccc(CC(=O)Nc2cc(Cl)cc(Cl)c2)cc1. The summed E-state index contributed by atoms with van der Waals surface area (Å²) in [4.78, 5) is 22.9. The van der Waals surface area contributed by atoms with E-state index in [4.69, 9.17) is 23.2 Å². The highest BCUT2D eigenvalue weighted by atomic mass is 35.5. The minimum absolute atomic E-state index is 0.136. The minimum Gasteiger partial charge on any atom is -0.326 e. The van der Waals surface area contributed by atoms with E-state index in [0.29, 0.717) is 21.4 Å². The molecule has 2 aromatic rings. The van der Waals surface area contributed by atoms with Gasteiger partial charge in [0.2, 0.25) is 11.8 Å². The standard InChI is InChI=1S/C16H14Cl2N2O2/c1-10(21)19-14-4-2-11(3-5-14)6-16(22)20-15-8-12(17)7-13(18)9-15/h2-5,7-9H,6H2,1H3,(H,19,21)(H,20,22). The van der Waals surface area contributed by atoms with Gasteiger partial charge in [-0.05, 0) is 35.9 Å². The number of carbonyl (C=O) groups is 2. The predicted molar refractivity (Wildman–Crippen MR) is 89.5 cm³/mol. The molecule has 0 atom stereocenters. The molecule has 0 radical (unpaired) electrons. The maximum atomic E-state index is 12.0. The summed E-state index contributed by atoms with van der Waals surface area (Å²) in [6.45, 7) is 1.44. The van der Waals surface area contributed by atoms with Gasteiger partial charge in [0, 0.05) is 28.3 Å². The molecular formula is C16H14Cl2N2O2. The van der Waals surface area contributed by atoms with Crippen LogP contribution in [0.3, 0.4) is 0 Å². The summed E-state index contributed by atoms with van der Waals surface area (Å²) in [7, 11) is 0. The van der Waals surface area contributed by atoms with Crippen LogP contribution in [0.15, 0.2) is 42.5 Å². The molecule has 0 aliphatic heterocycles. The highest BCUT2D eigenvalue weighted by Gasteiger charge is 2.06. The quantitative estimate of drug-likeness (QED) is 0.881. The third-order valence-electron chi connectivity index (χ3n) is 2.79. The first-order valence-electron chi connectivity index (χ1n) is 6.55. The van der Waals surface area contributed by atoms with Crippen molar-refractivity contribution in [1.82, 2.24) is 0 Å². The number of hydrogen-bond acceptors (Lipinski definition) is 2. The van der Waals surface area contributed by atoms with Crippen LogP contribution in [0.25, 0.3) is 0 Å². The third kappa shape index (κ3) is 5.06. The van der Waals surface area contributed by atoms with Gasteiger partial charge >= 0.3 is 0 Å². The Morgan fingerprint density at radius 2 is 1.50 bits per heavy atom. The number of nitrogens with one attached hydrogen (secondary N) is 2. The Bertz CT molecular complexity index is 680. The van der Waals surface area contributed by atoms with E-state index in [-0.39, 0.29) is 18.2 Å². The van der Waals surface area contributed by atoms with Crippen LogP contribution in [0.5, 0.6) is 0 Å². The molecule has 0 saturated heterocycles. The highest BCUT2D eigenvalue weighted by molar-refractivity contribution is 6.35. The van der Waals surface area contributed by atoms with Gasteiger partial charge in [-0.3, -0.25) is 9.59 Å². The number of anilines is 2. The number of amides is 2. The van der Waals surface area contributed by atoms with E-state index in [2.05, 4.69) is 10.6 Å². The molecule has 0 bridgehead atoms. The van der Waals surface area contributed by atoms with Crippen molar-refractivity contribution in [3.8, 4) is 0 Å². The van der Waals surface area contributed by atoms with Crippen molar-refractivity contribution in [3.63, 3.8) is 0 Å². The van der Waals surface area contributed by atoms with E-state index in [0.717, 1.165) is 5.56 Å². The van der Waals surface area contributed by atoms with Crippen LogP contribution in [0.1, 0.15) is 12.5 Å². The second-order valence-electron chi connectivity index (χ2n) is 4.76. The van der Waals surface area contributed by atoms with Crippen LogP contribution in [-0.4, -0.2) is 11.8 Å². The lowest BCUT2D eigenvalue weighted by Gasteiger charge is -2.07. The molecule has 2 amide bonds. The van der Waals surface area contributed by atoms with Crippen molar-refractivity contribution in [2.45, 2.75) is 13.3 Å². The Labute approximate surface area is 138 Å². The number of benzene rings is 2. The maximum Gasteiger partial charge on any atom is 0.228 e. The van der Waals surface area contributed by atoms with Gasteiger partial charge in [0.25, 0.3) is 0 Å². The van der Waals surface area contributed by atoms with Crippen LogP contribution in [0, 0.1) is 0 Å². The first-order valence-corrected chi connectivity index (χ1v) is 7.30. The van der Waals surface area contributed by atoms with Gasteiger partial charge in [-0.25, -0.2) is 0 Å². The number of rotatable bonds is 4. The van der Waals surface area contributed by atoms with Gasteiger partial charge in [0.05, 0.1) is 6.42 Å². The summed E-state index contributed by atoms with van der Waals surface area (Å²) in [5.41, 5.74) is 2.08. The van der Waals surface area contributed by atoms with Gasteiger partial charge in [0.1, 0.15) is 0 Å². The molecule has 0 saturated carbocycles. The van der Waals surface area contributed by atoms with Gasteiger partial charge in [0.15, 0.2) is 0 Å². The zero-order valence-electron chi connectivity index (χ0n) is 11.8. The van der Waals surface area contributed by atoms with Crippen molar-refractivity contribution in [3.05, 3.63) is 58.1 Å². The second-order valence-corrected chi connectivity index (χ2v) is 5.63. The van der Waals surface area contributed by atoms with E-state index in [9.17, 15) is 9.59 Å². The van der Waals surface area contributed by atoms with Crippen molar-refractivity contribution < 1.29 is 9.59 Å². The van der Waals surface area contributed by atoms with Crippen LogP contribution < -0.4 is 10.6 Å². The predicted octanol–water partition coefficient (Wildman–Crippen LogP) is 4.13. The number of halogens is 2. The molecule has 0 aromatic heterocycles. The molecular weight excluding hydrogens is 323 g/mol. The Morgan fingerprint density at radius 3 is 2.05 bits per heavy atom. The first-order chi connectivity index (χ1) is 10.4. The Hall–Kier alpha value is -2.04. The largest absolute Gasteiger partial charge is 0.326 e. The molecule has 0 aliphatic carbocycles. The van der Waals surface area contributed by atoms with Crippen LogP contribution in [0.2, 0.25) is 10.0 Å². The van der Waals surface area contributed by atoms with Crippen LogP contribution in [-0.2, 0) is 16.0 Å². The molecule has 4 nitrogen and oxygen atoms in total. The van der Waals surface area contributed by atoms with E-state index < -0.39 is 0 Å². The van der Waals surface area contributed by atoms with Crippen LogP contribution >= 0.6 is 23.2 Å². The smallest absolute Gasteiger partial charge is 0.228 e. The van der Waals surface area contributed by atoms with Crippen molar-refractivity contribution in [2.75, 3.05) is 10.6 Å².